The van der Waals surface area contributed by atoms with Crippen molar-refractivity contribution in [3.05, 3.63) is 78.1 Å². The monoisotopic (exact) mass is 483 g/mol. The van der Waals surface area contributed by atoms with E-state index in [9.17, 15) is 10.1 Å². The number of para-hydroxylation sites is 1. The summed E-state index contributed by atoms with van der Waals surface area (Å²) in [6.07, 6.45) is 4.10. The van der Waals surface area contributed by atoms with Crippen LogP contribution in [0.2, 0.25) is 0 Å². The third-order valence-electron chi connectivity index (χ3n) is 5.60. The van der Waals surface area contributed by atoms with Gasteiger partial charge in [-0.25, -0.2) is 9.31 Å². The zero-order valence-corrected chi connectivity index (χ0v) is 20.6. The minimum absolute atomic E-state index is 0.281. The Morgan fingerprint density at radius 3 is 2.53 bits per heavy atom. The lowest BCUT2D eigenvalue weighted by atomic mass is 10.1. The number of ether oxygens (including phenoxy) is 1. The summed E-state index contributed by atoms with van der Waals surface area (Å²) in [5, 5.41) is 23.2. The molecule has 0 aliphatic heterocycles. The summed E-state index contributed by atoms with van der Waals surface area (Å²) in [4.78, 5) is 14.5. The summed E-state index contributed by atoms with van der Waals surface area (Å²) < 4.78 is 7.52. The predicted molar refractivity (Wildman–Crippen MR) is 141 cm³/mol. The van der Waals surface area contributed by atoms with Crippen LogP contribution in [0.5, 0.6) is 11.5 Å². The van der Waals surface area contributed by atoms with Crippen LogP contribution in [0, 0.1) is 18.3 Å². The summed E-state index contributed by atoms with van der Waals surface area (Å²) in [5.41, 5.74) is 3.93. The molecule has 4 aromatic rings. The van der Waals surface area contributed by atoms with Crippen molar-refractivity contribution in [1.29, 1.82) is 5.26 Å². The molecule has 0 radical (unpaired) electrons. The van der Waals surface area contributed by atoms with Gasteiger partial charge >= 0.3 is 6.03 Å². The molecule has 0 unspecified atom stereocenters. The molecule has 0 spiro atoms. The van der Waals surface area contributed by atoms with Crippen LogP contribution in [-0.2, 0) is 0 Å². The second-order valence-electron chi connectivity index (χ2n) is 8.61. The number of carbonyl (C=O) groups is 1. The van der Waals surface area contributed by atoms with E-state index in [2.05, 4.69) is 32.0 Å². The van der Waals surface area contributed by atoms with Crippen LogP contribution in [0.25, 0.3) is 5.52 Å². The number of hydrogen-bond acceptors (Lipinski definition) is 6. The summed E-state index contributed by atoms with van der Waals surface area (Å²) in [6.45, 7) is 3.36. The van der Waals surface area contributed by atoms with Gasteiger partial charge in [0.05, 0.1) is 34.8 Å². The highest BCUT2D eigenvalue weighted by molar-refractivity contribution is 5.94. The summed E-state index contributed by atoms with van der Waals surface area (Å²) >= 11 is 0. The lowest BCUT2D eigenvalue weighted by molar-refractivity contribution is 0.251. The van der Waals surface area contributed by atoms with Crippen LogP contribution in [0.4, 0.5) is 21.9 Å². The van der Waals surface area contributed by atoms with E-state index in [0.29, 0.717) is 34.7 Å². The Morgan fingerprint density at radius 1 is 1.11 bits per heavy atom. The molecule has 36 heavy (non-hydrogen) atoms. The third-order valence-corrected chi connectivity index (χ3v) is 5.60. The van der Waals surface area contributed by atoms with Crippen LogP contribution < -0.4 is 20.7 Å². The number of nitriles is 1. The normalized spacial score (nSPS) is 10.8. The Hall–Kier alpha value is -4.55. The average molecular weight is 484 g/mol. The Bertz CT molecular complexity index is 1370. The molecule has 0 aliphatic rings. The highest BCUT2D eigenvalue weighted by Gasteiger charge is 2.17. The largest absolute Gasteiger partial charge is 0.457 e. The summed E-state index contributed by atoms with van der Waals surface area (Å²) in [5.74, 6) is 1.46. The number of fused-ring (bicyclic) bond motifs is 1. The Balaban J connectivity index is 1.52. The lowest BCUT2D eigenvalue weighted by Gasteiger charge is -2.12. The van der Waals surface area contributed by atoms with E-state index >= 15 is 0 Å². The fourth-order valence-electron chi connectivity index (χ4n) is 3.76. The van der Waals surface area contributed by atoms with E-state index in [0.717, 1.165) is 30.0 Å². The molecule has 0 aliphatic carbocycles. The lowest BCUT2D eigenvalue weighted by Crippen LogP contribution is -2.31. The van der Waals surface area contributed by atoms with Gasteiger partial charge in [-0.15, -0.1) is 0 Å². The van der Waals surface area contributed by atoms with Gasteiger partial charge in [0, 0.05) is 17.8 Å². The van der Waals surface area contributed by atoms with E-state index in [4.69, 9.17) is 4.74 Å². The Labute approximate surface area is 210 Å². The van der Waals surface area contributed by atoms with Crippen molar-refractivity contribution in [2.45, 2.75) is 13.3 Å². The molecule has 9 heteroatoms. The van der Waals surface area contributed by atoms with Gasteiger partial charge in [0.1, 0.15) is 17.6 Å². The minimum Gasteiger partial charge on any atom is -0.457 e. The molecule has 0 bridgehead atoms. The fraction of sp³-hybridized carbons (Fsp3) is 0.222. The van der Waals surface area contributed by atoms with Crippen molar-refractivity contribution in [1.82, 2.24) is 19.8 Å². The van der Waals surface area contributed by atoms with Gasteiger partial charge in [-0.3, -0.25) is 0 Å². The van der Waals surface area contributed by atoms with Gasteiger partial charge in [0.15, 0.2) is 0 Å². The molecule has 0 saturated carbocycles. The highest BCUT2D eigenvalue weighted by atomic mass is 16.5. The molecule has 0 fully saturated rings. The maximum Gasteiger partial charge on any atom is 0.319 e. The maximum atomic E-state index is 12.4. The fourth-order valence-corrected chi connectivity index (χ4v) is 3.76. The standard InChI is InChI=1S/C27H29N7O2/c1-19-24(32-27(35)29-14-7-15-33(2)3)18-34-26(19)25(20(16-28)17-30-34)31-21-10-12-23(13-11-21)36-22-8-5-4-6-9-22/h4-6,8-13,17-18,31H,7,14-15H2,1-3H3,(H2,29,32,35). The van der Waals surface area contributed by atoms with Gasteiger partial charge in [0.25, 0.3) is 0 Å². The number of anilines is 3. The second-order valence-corrected chi connectivity index (χ2v) is 8.61. The number of benzene rings is 2. The van der Waals surface area contributed by atoms with E-state index in [1.54, 1.807) is 10.7 Å². The van der Waals surface area contributed by atoms with Crippen LogP contribution in [0.3, 0.4) is 0 Å². The molecular weight excluding hydrogens is 454 g/mol. The average Bonchev–Trinajstić information content (AvgIpc) is 3.19. The zero-order chi connectivity index (χ0) is 25.5. The number of amides is 2. The quantitative estimate of drug-likeness (QED) is 0.285. The number of aromatic nitrogens is 2. The van der Waals surface area contributed by atoms with Gasteiger partial charge in [-0.1, -0.05) is 18.2 Å². The van der Waals surface area contributed by atoms with Crippen molar-refractivity contribution >= 4 is 28.6 Å². The van der Waals surface area contributed by atoms with E-state index in [1.165, 1.54) is 6.20 Å². The zero-order valence-electron chi connectivity index (χ0n) is 20.6. The van der Waals surface area contributed by atoms with E-state index in [1.807, 2.05) is 75.6 Å². The van der Waals surface area contributed by atoms with Gasteiger partial charge in [-0.05, 0) is 70.4 Å². The number of rotatable bonds is 9. The number of aryl methyl sites for hydroxylation is 1. The van der Waals surface area contributed by atoms with Crippen molar-refractivity contribution in [2.75, 3.05) is 37.8 Å². The van der Waals surface area contributed by atoms with Crippen molar-refractivity contribution in [3.63, 3.8) is 0 Å². The first-order chi connectivity index (χ1) is 17.4. The molecule has 2 aromatic heterocycles. The second kappa shape index (κ2) is 11.3. The molecule has 2 amide bonds. The van der Waals surface area contributed by atoms with Crippen molar-refractivity contribution in [3.8, 4) is 17.6 Å². The molecule has 0 atom stereocenters. The molecule has 0 saturated heterocycles. The Kier molecular flexibility index (Phi) is 7.68. The summed E-state index contributed by atoms with van der Waals surface area (Å²) in [6, 6.07) is 19.0. The highest BCUT2D eigenvalue weighted by Crippen LogP contribution is 2.33. The Morgan fingerprint density at radius 2 is 1.83 bits per heavy atom. The predicted octanol–water partition coefficient (Wildman–Crippen LogP) is 5.12. The minimum atomic E-state index is -0.281. The number of nitrogens with zero attached hydrogens (tertiary/aromatic N) is 4. The van der Waals surface area contributed by atoms with Crippen LogP contribution >= 0.6 is 0 Å². The first-order valence-corrected chi connectivity index (χ1v) is 11.6. The van der Waals surface area contributed by atoms with E-state index in [-0.39, 0.29) is 6.03 Å². The van der Waals surface area contributed by atoms with Crippen LogP contribution in [-0.4, -0.2) is 47.7 Å². The smallest absolute Gasteiger partial charge is 0.319 e. The topological polar surface area (TPSA) is 107 Å². The van der Waals surface area contributed by atoms with Gasteiger partial charge < -0.3 is 25.6 Å². The third kappa shape index (κ3) is 5.92. The molecule has 9 nitrogen and oxygen atoms in total. The first-order valence-electron chi connectivity index (χ1n) is 11.6. The summed E-state index contributed by atoms with van der Waals surface area (Å²) in [7, 11) is 3.99. The molecule has 4 rings (SSSR count). The first kappa shape index (κ1) is 24.6. The molecule has 2 heterocycles. The maximum absolute atomic E-state index is 12.4. The van der Waals surface area contributed by atoms with Crippen molar-refractivity contribution < 1.29 is 9.53 Å². The molecular formula is C27H29N7O2. The van der Waals surface area contributed by atoms with Crippen LogP contribution in [0.15, 0.2) is 67.0 Å². The number of urea groups is 1. The van der Waals surface area contributed by atoms with Gasteiger partial charge in [-0.2, -0.15) is 10.4 Å². The molecule has 184 valence electrons. The number of nitrogens with one attached hydrogen (secondary N) is 3. The SMILES string of the molecule is Cc1c(NC(=O)NCCCN(C)C)cn2ncc(C#N)c(Nc3ccc(Oc4ccccc4)cc3)c12. The molecule has 3 N–H and O–H groups in total. The number of hydrogen-bond donors (Lipinski definition) is 3. The van der Waals surface area contributed by atoms with Crippen molar-refractivity contribution in [2.24, 2.45) is 0 Å². The van der Waals surface area contributed by atoms with Gasteiger partial charge in [0.2, 0.25) is 0 Å². The molecule has 2 aromatic carbocycles. The number of carbonyl (C=O) groups excluding carboxylic acids is 1. The van der Waals surface area contributed by atoms with E-state index < -0.39 is 0 Å². The van der Waals surface area contributed by atoms with Crippen LogP contribution in [0.1, 0.15) is 17.5 Å².